The molecular formula is C26H30N2O6. The summed E-state index contributed by atoms with van der Waals surface area (Å²) in [4.78, 5) is 37.6. The van der Waals surface area contributed by atoms with Crippen molar-refractivity contribution in [2.75, 3.05) is 26.3 Å². The molecule has 2 amide bonds. The molecule has 2 aliphatic carbocycles. The van der Waals surface area contributed by atoms with Gasteiger partial charge in [0.15, 0.2) is 0 Å². The molecular weight excluding hydrogens is 436 g/mol. The monoisotopic (exact) mass is 466 g/mol. The first-order valence-corrected chi connectivity index (χ1v) is 11.7. The Labute approximate surface area is 198 Å². The molecule has 2 aromatic rings. The first kappa shape index (κ1) is 23.8. The number of benzene rings is 2. The van der Waals surface area contributed by atoms with E-state index in [9.17, 15) is 19.5 Å². The van der Waals surface area contributed by atoms with E-state index in [4.69, 9.17) is 9.84 Å². The van der Waals surface area contributed by atoms with Crippen LogP contribution < -0.4 is 5.32 Å². The van der Waals surface area contributed by atoms with Crippen LogP contribution >= 0.6 is 0 Å². The van der Waals surface area contributed by atoms with E-state index in [0.29, 0.717) is 12.8 Å². The molecule has 0 spiro atoms. The summed E-state index contributed by atoms with van der Waals surface area (Å²) >= 11 is 0. The number of carboxylic acids is 1. The Kier molecular flexibility index (Phi) is 7.47. The predicted molar refractivity (Wildman–Crippen MR) is 125 cm³/mol. The van der Waals surface area contributed by atoms with Crippen LogP contribution in [0.5, 0.6) is 0 Å². The van der Waals surface area contributed by atoms with Crippen LogP contribution in [0, 0.1) is 5.92 Å². The van der Waals surface area contributed by atoms with Crippen LogP contribution in [-0.4, -0.2) is 65.4 Å². The Bertz CT molecular complexity index is 1010. The molecule has 2 aromatic carbocycles. The number of carboxylic acid groups (broad SMARTS) is 1. The van der Waals surface area contributed by atoms with Crippen LogP contribution in [0.3, 0.4) is 0 Å². The number of fused-ring (bicyclic) bond motifs is 3. The summed E-state index contributed by atoms with van der Waals surface area (Å²) in [5.41, 5.74) is 4.61. The van der Waals surface area contributed by atoms with Gasteiger partial charge in [0.05, 0.1) is 6.61 Å². The van der Waals surface area contributed by atoms with Crippen LogP contribution in [0.15, 0.2) is 48.5 Å². The van der Waals surface area contributed by atoms with Crippen LogP contribution in [-0.2, 0) is 14.3 Å². The van der Waals surface area contributed by atoms with Gasteiger partial charge in [-0.1, -0.05) is 55.0 Å². The first-order chi connectivity index (χ1) is 16.5. The molecule has 8 nitrogen and oxygen atoms in total. The molecule has 0 unspecified atom stereocenters. The van der Waals surface area contributed by atoms with E-state index in [1.807, 2.05) is 24.3 Å². The van der Waals surface area contributed by atoms with Gasteiger partial charge >= 0.3 is 12.1 Å². The average Bonchev–Trinajstić information content (AvgIpc) is 3.16. The smallest absolute Gasteiger partial charge is 0.407 e. The number of carbonyl (C=O) groups excluding carboxylic acids is 2. The number of alkyl carbamates (subject to hydrolysis) is 1. The number of carbonyl (C=O) groups is 3. The van der Waals surface area contributed by atoms with Crippen molar-refractivity contribution < 1.29 is 29.3 Å². The van der Waals surface area contributed by atoms with Gasteiger partial charge in [-0.05, 0) is 41.5 Å². The Morgan fingerprint density at radius 1 is 1.00 bits per heavy atom. The third-order valence-corrected chi connectivity index (χ3v) is 6.70. The van der Waals surface area contributed by atoms with Crippen LogP contribution in [0.25, 0.3) is 11.1 Å². The van der Waals surface area contributed by atoms with Gasteiger partial charge < -0.3 is 25.2 Å². The standard InChI is InChI=1S/C26H30N2O6/c29-13-12-28(15-24(30)31)25(32)17-6-5-7-18(14-17)27-26(33)34-16-23-21-10-3-1-8-19(21)20-9-2-4-11-22(20)23/h1-4,8-11,17-18,23,29H,5-7,12-16H2,(H,27,33)(H,30,31)/t17-,18+/m1/s1. The van der Waals surface area contributed by atoms with Crippen LogP contribution in [0.2, 0.25) is 0 Å². The van der Waals surface area contributed by atoms with Gasteiger partial charge in [-0.25, -0.2) is 4.79 Å². The zero-order valence-electron chi connectivity index (χ0n) is 19.0. The minimum absolute atomic E-state index is 0.0217. The predicted octanol–water partition coefficient (Wildman–Crippen LogP) is 2.99. The van der Waals surface area contributed by atoms with Crippen molar-refractivity contribution >= 4 is 18.0 Å². The largest absolute Gasteiger partial charge is 0.480 e. The fourth-order valence-electron chi connectivity index (χ4n) is 5.16. The summed E-state index contributed by atoms with van der Waals surface area (Å²) in [6.07, 6.45) is 2.00. The molecule has 0 heterocycles. The van der Waals surface area contributed by atoms with Gasteiger partial charge in [0, 0.05) is 24.4 Å². The fraction of sp³-hybridized carbons (Fsp3) is 0.423. The highest BCUT2D eigenvalue weighted by atomic mass is 16.5. The number of aliphatic hydroxyl groups excluding tert-OH is 1. The highest BCUT2D eigenvalue weighted by Crippen LogP contribution is 2.44. The molecule has 0 aromatic heterocycles. The molecule has 4 rings (SSSR count). The molecule has 1 saturated carbocycles. The minimum atomic E-state index is -1.12. The number of nitrogens with one attached hydrogen (secondary N) is 1. The molecule has 0 saturated heterocycles. The van der Waals surface area contributed by atoms with E-state index in [0.717, 1.165) is 35.1 Å². The molecule has 2 atom stereocenters. The molecule has 180 valence electrons. The van der Waals surface area contributed by atoms with Crippen molar-refractivity contribution in [2.45, 2.75) is 37.6 Å². The summed E-state index contributed by atoms with van der Waals surface area (Å²) in [5.74, 6) is -1.83. The fourth-order valence-corrected chi connectivity index (χ4v) is 5.16. The van der Waals surface area contributed by atoms with Crippen molar-refractivity contribution in [3.05, 3.63) is 59.7 Å². The number of nitrogens with zero attached hydrogens (tertiary/aromatic N) is 1. The SMILES string of the molecule is O=C(O)CN(CCO)C(=O)[C@@H]1CCC[C@H](NC(=O)OCC2c3ccccc3-c3ccccc32)C1. The molecule has 0 bridgehead atoms. The number of hydrogen-bond acceptors (Lipinski definition) is 5. The topological polar surface area (TPSA) is 116 Å². The third kappa shape index (κ3) is 5.22. The normalized spacial score (nSPS) is 19.1. The number of amides is 2. The maximum Gasteiger partial charge on any atom is 0.407 e. The second-order valence-corrected chi connectivity index (χ2v) is 8.91. The van der Waals surface area contributed by atoms with Crippen molar-refractivity contribution in [3.8, 4) is 11.1 Å². The lowest BCUT2D eigenvalue weighted by Crippen LogP contribution is -2.46. The number of aliphatic hydroxyl groups is 1. The molecule has 8 heteroatoms. The Morgan fingerprint density at radius 2 is 1.65 bits per heavy atom. The van der Waals surface area contributed by atoms with E-state index in [1.54, 1.807) is 0 Å². The molecule has 0 aliphatic heterocycles. The summed E-state index contributed by atoms with van der Waals surface area (Å²) in [6.45, 7) is -0.544. The van der Waals surface area contributed by atoms with E-state index in [2.05, 4.69) is 29.6 Å². The number of ether oxygens (including phenoxy) is 1. The van der Waals surface area contributed by atoms with Gasteiger partial charge in [0.25, 0.3) is 0 Å². The average molecular weight is 467 g/mol. The summed E-state index contributed by atoms with van der Waals surface area (Å²) in [7, 11) is 0. The van der Waals surface area contributed by atoms with Gasteiger partial charge in [0.1, 0.15) is 13.2 Å². The Morgan fingerprint density at radius 3 is 2.26 bits per heavy atom. The van der Waals surface area contributed by atoms with Gasteiger partial charge in [-0.3, -0.25) is 9.59 Å². The minimum Gasteiger partial charge on any atom is -0.480 e. The van der Waals surface area contributed by atoms with Crippen molar-refractivity contribution in [1.82, 2.24) is 10.2 Å². The zero-order valence-corrected chi connectivity index (χ0v) is 19.0. The van der Waals surface area contributed by atoms with E-state index in [-0.39, 0.29) is 37.6 Å². The van der Waals surface area contributed by atoms with E-state index in [1.165, 1.54) is 4.90 Å². The number of aliphatic carboxylic acids is 1. The van der Waals surface area contributed by atoms with E-state index < -0.39 is 24.5 Å². The first-order valence-electron chi connectivity index (χ1n) is 11.7. The Balaban J connectivity index is 1.34. The second-order valence-electron chi connectivity index (χ2n) is 8.91. The lowest BCUT2D eigenvalue weighted by Gasteiger charge is -2.32. The summed E-state index contributed by atoms with van der Waals surface area (Å²) < 4.78 is 5.62. The molecule has 0 radical (unpaired) electrons. The maximum absolute atomic E-state index is 12.8. The third-order valence-electron chi connectivity index (χ3n) is 6.70. The molecule has 34 heavy (non-hydrogen) atoms. The Hall–Kier alpha value is -3.39. The van der Waals surface area contributed by atoms with Gasteiger partial charge in [-0.2, -0.15) is 0 Å². The summed E-state index contributed by atoms with van der Waals surface area (Å²) in [5, 5.41) is 21.1. The van der Waals surface area contributed by atoms with Crippen LogP contribution in [0.4, 0.5) is 4.79 Å². The molecule has 2 aliphatic rings. The maximum atomic E-state index is 12.8. The van der Waals surface area contributed by atoms with Gasteiger partial charge in [0.2, 0.25) is 5.91 Å². The van der Waals surface area contributed by atoms with Crippen LogP contribution in [0.1, 0.15) is 42.7 Å². The molecule has 3 N–H and O–H groups in total. The second kappa shape index (κ2) is 10.7. The highest BCUT2D eigenvalue weighted by molar-refractivity contribution is 5.83. The lowest BCUT2D eigenvalue weighted by atomic mass is 9.85. The zero-order chi connectivity index (χ0) is 24.1. The highest BCUT2D eigenvalue weighted by Gasteiger charge is 2.33. The van der Waals surface area contributed by atoms with Crippen molar-refractivity contribution in [1.29, 1.82) is 0 Å². The number of rotatable bonds is 8. The number of hydrogen-bond donors (Lipinski definition) is 3. The van der Waals surface area contributed by atoms with Gasteiger partial charge in [-0.15, -0.1) is 0 Å². The van der Waals surface area contributed by atoms with Crippen molar-refractivity contribution in [3.63, 3.8) is 0 Å². The van der Waals surface area contributed by atoms with Crippen molar-refractivity contribution in [2.24, 2.45) is 5.92 Å². The lowest BCUT2D eigenvalue weighted by molar-refractivity contribution is -0.147. The molecule has 1 fully saturated rings. The summed E-state index contributed by atoms with van der Waals surface area (Å²) in [6, 6.07) is 16.1. The quantitative estimate of drug-likeness (QED) is 0.551. The van der Waals surface area contributed by atoms with E-state index >= 15 is 0 Å².